The van der Waals surface area contributed by atoms with Gasteiger partial charge in [0.25, 0.3) is 0 Å². The van der Waals surface area contributed by atoms with Crippen molar-refractivity contribution >= 4 is 17.6 Å². The minimum atomic E-state index is -0.972. The van der Waals surface area contributed by atoms with Gasteiger partial charge in [0.15, 0.2) is 6.10 Å². The van der Waals surface area contributed by atoms with Gasteiger partial charge in [-0.25, -0.2) is 9.59 Å². The van der Waals surface area contributed by atoms with Crippen molar-refractivity contribution in [1.29, 1.82) is 0 Å². The van der Waals surface area contributed by atoms with Gasteiger partial charge in [0.1, 0.15) is 0 Å². The van der Waals surface area contributed by atoms with Crippen LogP contribution in [-0.4, -0.2) is 47.3 Å². The van der Waals surface area contributed by atoms with Crippen molar-refractivity contribution in [3.63, 3.8) is 0 Å². The molecule has 1 N–H and O–H groups in total. The molecule has 36 heavy (non-hydrogen) atoms. The molecule has 1 aromatic heterocycles. The summed E-state index contributed by atoms with van der Waals surface area (Å²) in [4.78, 5) is 32.0. The van der Waals surface area contributed by atoms with Crippen molar-refractivity contribution in [2.75, 3.05) is 24.6 Å². The van der Waals surface area contributed by atoms with Gasteiger partial charge >= 0.3 is 11.9 Å². The van der Waals surface area contributed by atoms with Crippen LogP contribution in [0.5, 0.6) is 0 Å². The molecule has 1 aliphatic heterocycles. The fraction of sp³-hybridized carbons (Fsp3) is 0.552. The molecular formula is C29H40N2O5. The second kappa shape index (κ2) is 10.6. The number of hydrogen-bond acceptors (Lipinski definition) is 6. The number of carbonyl (C=O) groups excluding carboxylic acids is 1. The standard InChI is InChI=1S/C29H40N2O5/c1-9-35-27(34)25(36-28(4,5)6)23-19(3)30-18(2)22(20-10-12-21(13-11-20)26(32)33)24(23)31-16-14-29(7,8)15-17-31/h10-13,25H,9,14-17H2,1-8H3,(H,32,33). The van der Waals surface area contributed by atoms with Gasteiger partial charge in [0.05, 0.1) is 23.5 Å². The van der Waals surface area contributed by atoms with Gasteiger partial charge in [-0.1, -0.05) is 26.0 Å². The first kappa shape index (κ1) is 27.7. The van der Waals surface area contributed by atoms with E-state index in [0.717, 1.165) is 54.1 Å². The number of carboxylic acids is 1. The number of rotatable bonds is 7. The molecule has 0 radical (unpaired) electrons. The summed E-state index contributed by atoms with van der Waals surface area (Å²) in [6.07, 6.45) is 1.07. The number of nitrogens with zero attached hydrogens (tertiary/aromatic N) is 2. The number of anilines is 1. The molecule has 1 unspecified atom stereocenters. The Morgan fingerprint density at radius 3 is 2.17 bits per heavy atom. The highest BCUT2D eigenvalue weighted by molar-refractivity contribution is 5.91. The summed E-state index contributed by atoms with van der Waals surface area (Å²) < 4.78 is 11.8. The van der Waals surface area contributed by atoms with Gasteiger partial charge in [-0.2, -0.15) is 0 Å². The second-order valence-corrected chi connectivity index (χ2v) is 11.3. The van der Waals surface area contributed by atoms with E-state index in [0.29, 0.717) is 5.56 Å². The molecule has 2 heterocycles. The molecule has 1 aliphatic rings. The van der Waals surface area contributed by atoms with Crippen molar-refractivity contribution in [2.24, 2.45) is 5.41 Å². The van der Waals surface area contributed by atoms with Crippen molar-refractivity contribution in [2.45, 2.75) is 79.9 Å². The normalized spacial score (nSPS) is 16.5. The van der Waals surface area contributed by atoms with E-state index in [9.17, 15) is 14.7 Å². The lowest BCUT2D eigenvalue weighted by Gasteiger charge is -2.41. The van der Waals surface area contributed by atoms with Crippen LogP contribution in [0.25, 0.3) is 11.1 Å². The van der Waals surface area contributed by atoms with E-state index in [-0.39, 0.29) is 17.6 Å². The SMILES string of the molecule is CCOC(=O)C(OC(C)(C)C)c1c(C)nc(C)c(-c2ccc(C(=O)O)cc2)c1N1CCC(C)(C)CC1. The first-order chi connectivity index (χ1) is 16.7. The first-order valence-corrected chi connectivity index (χ1v) is 12.7. The zero-order valence-electron chi connectivity index (χ0n) is 22.9. The number of esters is 1. The molecule has 2 aromatic rings. The third kappa shape index (κ3) is 6.25. The summed E-state index contributed by atoms with van der Waals surface area (Å²) >= 11 is 0. The summed E-state index contributed by atoms with van der Waals surface area (Å²) in [7, 11) is 0. The van der Waals surface area contributed by atoms with Crippen molar-refractivity contribution < 1.29 is 24.2 Å². The molecule has 1 aromatic carbocycles. The maximum Gasteiger partial charge on any atom is 0.340 e. The lowest BCUT2D eigenvalue weighted by molar-refractivity contribution is -0.166. The Hall–Kier alpha value is -2.93. The van der Waals surface area contributed by atoms with Crippen LogP contribution >= 0.6 is 0 Å². The van der Waals surface area contributed by atoms with Gasteiger partial charge in [0.2, 0.25) is 0 Å². The fourth-order valence-electron chi connectivity index (χ4n) is 4.74. The number of hydrogen-bond donors (Lipinski definition) is 1. The van der Waals surface area contributed by atoms with E-state index < -0.39 is 23.6 Å². The van der Waals surface area contributed by atoms with Crippen LogP contribution < -0.4 is 4.90 Å². The molecule has 0 amide bonds. The average Bonchev–Trinajstić information content (AvgIpc) is 2.77. The number of aromatic nitrogens is 1. The molecule has 0 spiro atoms. The van der Waals surface area contributed by atoms with Crippen LogP contribution in [0.15, 0.2) is 24.3 Å². The Morgan fingerprint density at radius 1 is 1.08 bits per heavy atom. The Bertz CT molecular complexity index is 1110. The number of piperidine rings is 1. The highest BCUT2D eigenvalue weighted by atomic mass is 16.6. The molecule has 7 heteroatoms. The van der Waals surface area contributed by atoms with Gasteiger partial charge in [-0.05, 0) is 77.5 Å². The number of benzene rings is 1. The van der Waals surface area contributed by atoms with E-state index in [1.165, 1.54) is 0 Å². The number of carboxylic acid groups (broad SMARTS) is 1. The smallest absolute Gasteiger partial charge is 0.340 e. The number of aromatic carboxylic acids is 1. The minimum absolute atomic E-state index is 0.221. The average molecular weight is 497 g/mol. The lowest BCUT2D eigenvalue weighted by atomic mass is 9.81. The summed E-state index contributed by atoms with van der Waals surface area (Å²) in [5, 5.41) is 9.39. The third-order valence-corrected chi connectivity index (χ3v) is 6.67. The summed E-state index contributed by atoms with van der Waals surface area (Å²) in [6.45, 7) is 17.9. The molecule has 1 saturated heterocycles. The molecule has 0 aliphatic carbocycles. The molecule has 1 fully saturated rings. The van der Waals surface area contributed by atoms with Crippen molar-refractivity contribution in [1.82, 2.24) is 4.98 Å². The van der Waals surface area contributed by atoms with Gasteiger partial charge in [-0.3, -0.25) is 4.98 Å². The predicted octanol–water partition coefficient (Wildman–Crippen LogP) is 6.11. The van der Waals surface area contributed by atoms with Gasteiger partial charge < -0.3 is 19.5 Å². The Balaban J connectivity index is 2.30. The van der Waals surface area contributed by atoms with Crippen LogP contribution in [0, 0.1) is 19.3 Å². The number of pyridine rings is 1. The van der Waals surface area contributed by atoms with Crippen LogP contribution in [0.3, 0.4) is 0 Å². The maximum absolute atomic E-state index is 13.3. The maximum atomic E-state index is 13.3. The van der Waals surface area contributed by atoms with Gasteiger partial charge in [-0.15, -0.1) is 0 Å². The summed E-state index contributed by atoms with van der Waals surface area (Å²) in [5.41, 5.74) is 4.77. The number of aryl methyl sites for hydroxylation is 2. The summed E-state index contributed by atoms with van der Waals surface area (Å²) in [5.74, 6) is -1.41. The van der Waals surface area contributed by atoms with E-state index in [4.69, 9.17) is 14.5 Å². The van der Waals surface area contributed by atoms with Crippen molar-refractivity contribution in [3.05, 3.63) is 46.8 Å². The number of carbonyl (C=O) groups is 2. The zero-order valence-corrected chi connectivity index (χ0v) is 22.9. The van der Waals surface area contributed by atoms with Gasteiger partial charge in [0, 0.05) is 35.6 Å². The Labute approximate surface area is 214 Å². The fourth-order valence-corrected chi connectivity index (χ4v) is 4.74. The minimum Gasteiger partial charge on any atom is -0.478 e. The molecular weight excluding hydrogens is 456 g/mol. The van der Waals surface area contributed by atoms with E-state index >= 15 is 0 Å². The molecule has 1 atom stereocenters. The van der Waals surface area contributed by atoms with Crippen molar-refractivity contribution in [3.8, 4) is 11.1 Å². The topological polar surface area (TPSA) is 89.0 Å². The Morgan fingerprint density at radius 2 is 1.67 bits per heavy atom. The predicted molar refractivity (Wildman–Crippen MR) is 142 cm³/mol. The van der Waals surface area contributed by atoms with E-state index in [1.54, 1.807) is 19.1 Å². The molecule has 0 bridgehead atoms. The van der Waals surface area contributed by atoms with Crippen LogP contribution in [-0.2, 0) is 14.3 Å². The third-order valence-electron chi connectivity index (χ3n) is 6.67. The lowest BCUT2D eigenvalue weighted by Crippen LogP contribution is -2.39. The highest BCUT2D eigenvalue weighted by Gasteiger charge is 2.37. The highest BCUT2D eigenvalue weighted by Crippen LogP contribution is 2.45. The van der Waals surface area contributed by atoms with E-state index in [2.05, 4.69) is 18.7 Å². The zero-order chi connectivity index (χ0) is 26.8. The van der Waals surface area contributed by atoms with Crippen LogP contribution in [0.1, 0.15) is 87.8 Å². The number of ether oxygens (including phenoxy) is 2. The quantitative estimate of drug-likeness (QED) is 0.463. The van der Waals surface area contributed by atoms with Crippen LogP contribution in [0.4, 0.5) is 5.69 Å². The molecule has 7 nitrogen and oxygen atoms in total. The largest absolute Gasteiger partial charge is 0.478 e. The summed E-state index contributed by atoms with van der Waals surface area (Å²) in [6, 6.07) is 6.84. The Kier molecular flexibility index (Phi) is 8.13. The molecule has 3 rings (SSSR count). The van der Waals surface area contributed by atoms with E-state index in [1.807, 2.05) is 46.8 Å². The monoisotopic (exact) mass is 496 g/mol. The molecule has 0 saturated carbocycles. The van der Waals surface area contributed by atoms with Crippen LogP contribution in [0.2, 0.25) is 0 Å². The first-order valence-electron chi connectivity index (χ1n) is 12.7. The molecule has 196 valence electrons. The second-order valence-electron chi connectivity index (χ2n) is 11.3.